The molecule has 0 saturated heterocycles. The van der Waals surface area contributed by atoms with Crippen molar-refractivity contribution in [3.8, 4) is 5.88 Å². The van der Waals surface area contributed by atoms with Crippen LogP contribution in [0.1, 0.15) is 19.0 Å². The van der Waals surface area contributed by atoms with Gasteiger partial charge >= 0.3 is 0 Å². The second-order valence-electron chi connectivity index (χ2n) is 3.22. The topological polar surface area (TPSA) is 47.0 Å². The summed E-state index contributed by atoms with van der Waals surface area (Å²) in [6, 6.07) is 0. The number of rotatable bonds is 7. The minimum Gasteiger partial charge on any atom is -0.470 e. The number of nitrogens with zero attached hydrogens (tertiary/aromatic N) is 2. The summed E-state index contributed by atoms with van der Waals surface area (Å²) in [6.07, 6.45) is 1.42. The lowest BCUT2D eigenvalue weighted by molar-refractivity contribution is 0.0793. The first-order chi connectivity index (χ1) is 7.72. The van der Waals surface area contributed by atoms with Crippen LogP contribution < -0.4 is 10.1 Å². The van der Waals surface area contributed by atoms with Gasteiger partial charge in [-0.2, -0.15) is 0 Å². The Morgan fingerprint density at radius 2 is 2.19 bits per heavy atom. The molecule has 6 heteroatoms. The van der Waals surface area contributed by atoms with Gasteiger partial charge in [0.1, 0.15) is 0 Å². The van der Waals surface area contributed by atoms with Crippen molar-refractivity contribution in [2.75, 3.05) is 13.2 Å². The molecule has 0 atom stereocenters. The van der Waals surface area contributed by atoms with Gasteiger partial charge in [-0.3, -0.25) is 4.98 Å². The zero-order valence-corrected chi connectivity index (χ0v) is 9.12. The fraction of sp³-hybridized carbons (Fsp3) is 0.600. The van der Waals surface area contributed by atoms with Crippen molar-refractivity contribution < 1.29 is 13.5 Å². The van der Waals surface area contributed by atoms with Crippen LogP contribution in [-0.2, 0) is 6.54 Å². The summed E-state index contributed by atoms with van der Waals surface area (Å²) in [5.74, 6) is 0.125. The van der Waals surface area contributed by atoms with Gasteiger partial charge in [-0.1, -0.05) is 6.92 Å². The van der Waals surface area contributed by atoms with E-state index < -0.39 is 13.0 Å². The quantitative estimate of drug-likeness (QED) is 0.724. The van der Waals surface area contributed by atoms with E-state index in [-0.39, 0.29) is 5.88 Å². The summed E-state index contributed by atoms with van der Waals surface area (Å²) in [7, 11) is 0. The molecule has 1 heterocycles. The van der Waals surface area contributed by atoms with Gasteiger partial charge < -0.3 is 10.1 Å². The molecule has 0 aliphatic heterocycles. The Labute approximate surface area is 93.1 Å². The van der Waals surface area contributed by atoms with E-state index in [1.807, 2.05) is 0 Å². The molecule has 0 radical (unpaired) electrons. The number of aromatic nitrogens is 2. The van der Waals surface area contributed by atoms with Crippen molar-refractivity contribution in [2.24, 2.45) is 0 Å². The SMILES string of the molecule is CCCNCc1cnc(OCC(F)F)cn1. The average molecular weight is 231 g/mol. The summed E-state index contributed by atoms with van der Waals surface area (Å²) >= 11 is 0. The van der Waals surface area contributed by atoms with E-state index in [1.165, 1.54) is 12.4 Å². The molecule has 90 valence electrons. The van der Waals surface area contributed by atoms with Gasteiger partial charge in [-0.05, 0) is 13.0 Å². The molecule has 0 fully saturated rings. The Morgan fingerprint density at radius 3 is 2.75 bits per heavy atom. The van der Waals surface area contributed by atoms with Crippen LogP contribution in [-0.4, -0.2) is 29.5 Å². The van der Waals surface area contributed by atoms with Crippen molar-refractivity contribution in [2.45, 2.75) is 26.3 Å². The smallest absolute Gasteiger partial charge is 0.272 e. The van der Waals surface area contributed by atoms with Crippen LogP contribution in [0.4, 0.5) is 8.78 Å². The first-order valence-corrected chi connectivity index (χ1v) is 5.15. The summed E-state index contributed by atoms with van der Waals surface area (Å²) < 4.78 is 28.3. The van der Waals surface area contributed by atoms with E-state index in [2.05, 4.69) is 22.2 Å². The van der Waals surface area contributed by atoms with E-state index in [9.17, 15) is 8.78 Å². The number of hydrogen-bond donors (Lipinski definition) is 1. The molecule has 0 aliphatic carbocycles. The molecular formula is C10H15F2N3O. The van der Waals surface area contributed by atoms with Gasteiger partial charge in [-0.25, -0.2) is 13.8 Å². The van der Waals surface area contributed by atoms with Crippen molar-refractivity contribution in [1.82, 2.24) is 15.3 Å². The number of hydrogen-bond acceptors (Lipinski definition) is 4. The minimum absolute atomic E-state index is 0.125. The van der Waals surface area contributed by atoms with E-state index >= 15 is 0 Å². The second kappa shape index (κ2) is 7.05. The zero-order chi connectivity index (χ0) is 11.8. The minimum atomic E-state index is -2.49. The molecule has 0 spiro atoms. The standard InChI is InChI=1S/C10H15F2N3O/c1-2-3-13-4-8-5-15-10(6-14-8)16-7-9(11)12/h5-6,9,13H,2-4,7H2,1H3. The lowest BCUT2D eigenvalue weighted by Gasteiger charge is -2.05. The molecule has 1 aromatic rings. The summed E-state index contributed by atoms with van der Waals surface area (Å²) in [6.45, 7) is 2.95. The maximum absolute atomic E-state index is 11.8. The monoisotopic (exact) mass is 231 g/mol. The van der Waals surface area contributed by atoms with E-state index in [1.54, 1.807) is 0 Å². The zero-order valence-electron chi connectivity index (χ0n) is 9.12. The van der Waals surface area contributed by atoms with Crippen molar-refractivity contribution >= 4 is 0 Å². The number of ether oxygens (including phenoxy) is 1. The van der Waals surface area contributed by atoms with Crippen LogP contribution >= 0.6 is 0 Å². The lowest BCUT2D eigenvalue weighted by Crippen LogP contribution is -2.15. The molecule has 0 unspecified atom stereocenters. The highest BCUT2D eigenvalue weighted by atomic mass is 19.3. The summed E-state index contributed by atoms with van der Waals surface area (Å²) in [5, 5.41) is 3.16. The van der Waals surface area contributed by atoms with Crippen molar-refractivity contribution in [3.05, 3.63) is 18.1 Å². The average Bonchev–Trinajstić information content (AvgIpc) is 2.28. The molecule has 0 amide bonds. The molecule has 1 N–H and O–H groups in total. The van der Waals surface area contributed by atoms with Gasteiger partial charge in [0.15, 0.2) is 6.61 Å². The van der Waals surface area contributed by atoms with Gasteiger partial charge in [0, 0.05) is 6.54 Å². The van der Waals surface area contributed by atoms with Crippen molar-refractivity contribution in [3.63, 3.8) is 0 Å². The van der Waals surface area contributed by atoms with Crippen LogP contribution in [0, 0.1) is 0 Å². The van der Waals surface area contributed by atoms with Crippen LogP contribution in [0.3, 0.4) is 0 Å². The Kier molecular flexibility index (Phi) is 5.63. The van der Waals surface area contributed by atoms with Gasteiger partial charge in [0.05, 0.1) is 18.1 Å². The highest BCUT2D eigenvalue weighted by molar-refractivity contribution is 5.07. The fourth-order valence-electron chi connectivity index (χ4n) is 1.05. The maximum atomic E-state index is 11.8. The van der Waals surface area contributed by atoms with Gasteiger partial charge in [0.2, 0.25) is 5.88 Å². The summed E-state index contributed by atoms with van der Waals surface area (Å²) in [5.41, 5.74) is 0.762. The predicted molar refractivity (Wildman–Crippen MR) is 55.5 cm³/mol. The predicted octanol–water partition coefficient (Wildman–Crippen LogP) is 1.62. The normalized spacial score (nSPS) is 10.8. The Bertz CT molecular complexity index is 293. The highest BCUT2D eigenvalue weighted by Gasteiger charge is 2.04. The van der Waals surface area contributed by atoms with Crippen molar-refractivity contribution in [1.29, 1.82) is 0 Å². The number of nitrogens with one attached hydrogen (secondary N) is 1. The molecule has 1 rings (SSSR count). The van der Waals surface area contributed by atoms with Crippen LogP contribution in [0.5, 0.6) is 5.88 Å². The Balaban J connectivity index is 2.35. The van der Waals surface area contributed by atoms with Crippen LogP contribution in [0.2, 0.25) is 0 Å². The molecule has 0 aromatic carbocycles. The number of halogens is 2. The molecule has 0 bridgehead atoms. The first kappa shape index (κ1) is 12.8. The molecule has 4 nitrogen and oxygen atoms in total. The second-order valence-corrected chi connectivity index (χ2v) is 3.22. The number of alkyl halides is 2. The molecule has 0 aliphatic rings. The molecular weight excluding hydrogens is 216 g/mol. The third kappa shape index (κ3) is 4.97. The van der Waals surface area contributed by atoms with E-state index in [4.69, 9.17) is 4.74 Å². The van der Waals surface area contributed by atoms with Gasteiger partial charge in [-0.15, -0.1) is 0 Å². The highest BCUT2D eigenvalue weighted by Crippen LogP contribution is 2.05. The third-order valence-corrected chi connectivity index (χ3v) is 1.77. The Hall–Kier alpha value is -1.30. The first-order valence-electron chi connectivity index (χ1n) is 5.15. The van der Waals surface area contributed by atoms with Crippen LogP contribution in [0.15, 0.2) is 12.4 Å². The summed E-state index contributed by atoms with van der Waals surface area (Å²) in [4.78, 5) is 7.90. The third-order valence-electron chi connectivity index (χ3n) is 1.77. The largest absolute Gasteiger partial charge is 0.470 e. The van der Waals surface area contributed by atoms with Crippen LogP contribution in [0.25, 0.3) is 0 Å². The molecule has 1 aromatic heterocycles. The Morgan fingerprint density at radius 1 is 1.38 bits per heavy atom. The van der Waals surface area contributed by atoms with E-state index in [0.29, 0.717) is 6.54 Å². The lowest BCUT2D eigenvalue weighted by atomic mass is 10.4. The van der Waals surface area contributed by atoms with E-state index in [0.717, 1.165) is 18.7 Å². The molecule has 0 saturated carbocycles. The fourth-order valence-corrected chi connectivity index (χ4v) is 1.05. The maximum Gasteiger partial charge on any atom is 0.272 e. The van der Waals surface area contributed by atoms with Gasteiger partial charge in [0.25, 0.3) is 6.43 Å². The molecule has 16 heavy (non-hydrogen) atoms.